The van der Waals surface area contributed by atoms with E-state index in [4.69, 9.17) is 0 Å². The van der Waals surface area contributed by atoms with Crippen LogP contribution in [0.1, 0.15) is 65.4 Å². The molecule has 0 saturated carbocycles. The van der Waals surface area contributed by atoms with Gasteiger partial charge in [-0.25, -0.2) is 31.6 Å². The molecule has 2 aromatic carbocycles. The lowest BCUT2D eigenvalue weighted by Crippen LogP contribution is -2.58. The van der Waals surface area contributed by atoms with E-state index in [0.717, 1.165) is 64.2 Å². The van der Waals surface area contributed by atoms with Gasteiger partial charge in [0.15, 0.2) is 0 Å². The second kappa shape index (κ2) is 13.4. The molecule has 2 aliphatic rings. The fourth-order valence-electron chi connectivity index (χ4n) is 5.97. The number of nitrogens with zero attached hydrogens (tertiary/aromatic N) is 4. The Morgan fingerprint density at radius 2 is 1.81 bits per heavy atom. The molecule has 11 heteroatoms. The number of hydrogen-bond donors (Lipinski definition) is 1. The maximum atomic E-state index is 15.3. The van der Waals surface area contributed by atoms with E-state index in [2.05, 4.69) is 24.5 Å². The van der Waals surface area contributed by atoms with Crippen molar-refractivity contribution in [2.75, 3.05) is 35.8 Å². The molecule has 1 atom stereocenters. The molecule has 5 rings (SSSR count). The summed E-state index contributed by atoms with van der Waals surface area (Å²) in [4.78, 5) is 11.8. The van der Waals surface area contributed by atoms with Crippen LogP contribution in [0.25, 0.3) is 0 Å². The van der Waals surface area contributed by atoms with Crippen molar-refractivity contribution >= 4 is 21.5 Å². The van der Waals surface area contributed by atoms with Crippen LogP contribution in [0.15, 0.2) is 66.0 Å². The molecular formula is C31H42F3N5O2S. The van der Waals surface area contributed by atoms with Gasteiger partial charge in [0.05, 0.1) is 0 Å². The average Bonchev–Trinajstić information content (AvgIpc) is 3.53. The van der Waals surface area contributed by atoms with Crippen molar-refractivity contribution in [1.82, 2.24) is 14.9 Å². The topological polar surface area (TPSA) is 78.4 Å². The number of benzene rings is 2. The second-order valence-corrected chi connectivity index (χ2v) is 12.5. The molecule has 0 spiro atoms. The lowest BCUT2D eigenvalue weighted by molar-refractivity contribution is 0.0173. The number of likely N-dealkylation sites (tertiary alicyclic amines) is 1. The highest BCUT2D eigenvalue weighted by Crippen LogP contribution is 2.38. The minimum atomic E-state index is -4.18. The van der Waals surface area contributed by atoms with E-state index in [0.29, 0.717) is 18.7 Å². The van der Waals surface area contributed by atoms with E-state index < -0.39 is 26.7 Å². The number of aromatic nitrogens is 2. The Balaban J connectivity index is 0.00000165. The van der Waals surface area contributed by atoms with E-state index in [1.165, 1.54) is 36.8 Å². The maximum Gasteiger partial charge on any atom is 0.270 e. The molecule has 0 bridgehead atoms. The summed E-state index contributed by atoms with van der Waals surface area (Å²) in [6.45, 7) is 8.24. The molecule has 1 N–H and O–H groups in total. The van der Waals surface area contributed by atoms with E-state index in [-0.39, 0.29) is 18.3 Å². The Kier molecular flexibility index (Phi) is 10.1. The molecule has 7 nitrogen and oxygen atoms in total. The molecule has 3 heterocycles. The van der Waals surface area contributed by atoms with Crippen molar-refractivity contribution in [3.05, 3.63) is 78.0 Å². The molecular weight excluding hydrogens is 563 g/mol. The summed E-state index contributed by atoms with van der Waals surface area (Å²) in [6, 6.07) is 12.3. The zero-order valence-electron chi connectivity index (χ0n) is 24.5. The van der Waals surface area contributed by atoms with Gasteiger partial charge in [0, 0.05) is 44.4 Å². The Bertz CT molecular complexity index is 1440. The number of rotatable bonds is 9. The SMILES string of the molecule is CC.CC(F)(F)c1cccc(CCC2(N3CCCC3)CCCN(c3ccc(S(=O)(=O)Nc4ccncn4)c(F)c3)C2)c1.[HH]. The zero-order chi connectivity index (χ0) is 30.4. The first-order valence-electron chi connectivity index (χ1n) is 14.6. The van der Waals surface area contributed by atoms with Crippen LogP contribution in [0.3, 0.4) is 0 Å². The van der Waals surface area contributed by atoms with Gasteiger partial charge >= 0.3 is 0 Å². The van der Waals surface area contributed by atoms with E-state index in [1.807, 2.05) is 19.9 Å². The second-order valence-electron chi connectivity index (χ2n) is 10.8. The summed E-state index contributed by atoms with van der Waals surface area (Å²) in [5.74, 6) is -3.68. The number of halogens is 3. The largest absolute Gasteiger partial charge is 0.370 e. The van der Waals surface area contributed by atoms with Crippen LogP contribution in [-0.2, 0) is 22.4 Å². The minimum Gasteiger partial charge on any atom is -0.370 e. The number of piperidine rings is 1. The average molecular weight is 606 g/mol. The number of sulfonamides is 1. The van der Waals surface area contributed by atoms with Crippen LogP contribution < -0.4 is 9.62 Å². The third-order valence-corrected chi connectivity index (χ3v) is 9.42. The summed E-state index contributed by atoms with van der Waals surface area (Å²) in [5.41, 5.74) is 1.33. The van der Waals surface area contributed by atoms with Crippen LogP contribution >= 0.6 is 0 Å². The van der Waals surface area contributed by atoms with Crippen molar-refractivity contribution in [1.29, 1.82) is 0 Å². The smallest absolute Gasteiger partial charge is 0.270 e. The molecule has 2 saturated heterocycles. The Labute approximate surface area is 248 Å². The fourth-order valence-corrected chi connectivity index (χ4v) is 7.04. The highest BCUT2D eigenvalue weighted by Gasteiger charge is 2.41. The normalized spacial score (nSPS) is 19.7. The molecule has 0 radical (unpaired) electrons. The molecule has 1 aromatic heterocycles. The molecule has 0 amide bonds. The van der Waals surface area contributed by atoms with Crippen LogP contribution in [-0.4, -0.2) is 55.0 Å². The lowest BCUT2D eigenvalue weighted by Gasteiger charge is -2.49. The third kappa shape index (κ3) is 7.42. The van der Waals surface area contributed by atoms with Crippen molar-refractivity contribution < 1.29 is 23.0 Å². The highest BCUT2D eigenvalue weighted by atomic mass is 32.2. The van der Waals surface area contributed by atoms with Gasteiger partial charge in [-0.05, 0) is 87.5 Å². The van der Waals surface area contributed by atoms with Gasteiger partial charge in [-0.1, -0.05) is 32.0 Å². The first-order valence-corrected chi connectivity index (χ1v) is 16.1. The monoisotopic (exact) mass is 605 g/mol. The Hall–Kier alpha value is -3.18. The fraction of sp³-hybridized carbons (Fsp3) is 0.484. The predicted molar refractivity (Wildman–Crippen MR) is 162 cm³/mol. The van der Waals surface area contributed by atoms with Crippen LogP contribution in [0.5, 0.6) is 0 Å². The van der Waals surface area contributed by atoms with Gasteiger partial charge in [-0.15, -0.1) is 0 Å². The van der Waals surface area contributed by atoms with Gasteiger partial charge in [-0.3, -0.25) is 9.62 Å². The Morgan fingerprint density at radius 3 is 2.48 bits per heavy atom. The third-order valence-electron chi connectivity index (χ3n) is 8.04. The quantitative estimate of drug-likeness (QED) is 0.287. The lowest BCUT2D eigenvalue weighted by atomic mass is 9.81. The van der Waals surface area contributed by atoms with E-state index >= 15 is 4.39 Å². The van der Waals surface area contributed by atoms with Crippen LogP contribution in [0.4, 0.5) is 24.7 Å². The molecule has 230 valence electrons. The summed E-state index contributed by atoms with van der Waals surface area (Å²) in [5, 5.41) is 0. The molecule has 1 unspecified atom stereocenters. The number of anilines is 2. The molecule has 2 aliphatic heterocycles. The minimum absolute atomic E-state index is 0. The number of alkyl halides is 2. The number of hydrogen-bond acceptors (Lipinski definition) is 6. The maximum absolute atomic E-state index is 15.3. The van der Waals surface area contributed by atoms with Gasteiger partial charge in [-0.2, -0.15) is 0 Å². The number of nitrogens with one attached hydrogen (secondary N) is 1. The van der Waals surface area contributed by atoms with Crippen molar-refractivity contribution in [3.63, 3.8) is 0 Å². The van der Waals surface area contributed by atoms with Crippen molar-refractivity contribution in [2.24, 2.45) is 0 Å². The molecule has 2 fully saturated rings. The van der Waals surface area contributed by atoms with E-state index in [1.54, 1.807) is 18.2 Å². The van der Waals surface area contributed by atoms with Gasteiger partial charge < -0.3 is 4.90 Å². The van der Waals surface area contributed by atoms with Gasteiger partial charge in [0.1, 0.15) is 22.9 Å². The van der Waals surface area contributed by atoms with Crippen LogP contribution in [0, 0.1) is 5.82 Å². The summed E-state index contributed by atoms with van der Waals surface area (Å²) >= 11 is 0. The summed E-state index contributed by atoms with van der Waals surface area (Å²) in [6.07, 6.45) is 8.12. The first-order chi connectivity index (χ1) is 20.1. The molecule has 3 aromatic rings. The summed E-state index contributed by atoms with van der Waals surface area (Å²) < 4.78 is 71.0. The van der Waals surface area contributed by atoms with Crippen molar-refractivity contribution in [2.45, 2.75) is 75.7 Å². The number of aryl methyl sites for hydroxylation is 1. The standard InChI is InChI=1S/C29H34F3N5O2S.C2H6.H2/c1-28(31,32)23-7-4-6-22(18-23)10-13-29(37-16-2-3-17-37)12-5-15-36(20-29)24-8-9-26(25(30)19-24)40(38,39)35-27-11-14-33-21-34-27;1-2;/h4,6-9,11,14,18-19,21H,2-3,5,10,12-13,15-17,20H2,1H3,(H,33,34,35);1-2H3;1H. The molecule has 0 aliphatic carbocycles. The summed E-state index contributed by atoms with van der Waals surface area (Å²) in [7, 11) is -4.18. The zero-order valence-corrected chi connectivity index (χ0v) is 25.3. The highest BCUT2D eigenvalue weighted by molar-refractivity contribution is 7.92. The predicted octanol–water partition coefficient (Wildman–Crippen LogP) is 6.87. The molecule has 42 heavy (non-hydrogen) atoms. The van der Waals surface area contributed by atoms with Crippen LogP contribution in [0.2, 0.25) is 0 Å². The van der Waals surface area contributed by atoms with Crippen molar-refractivity contribution in [3.8, 4) is 0 Å². The Morgan fingerprint density at radius 1 is 1.05 bits per heavy atom. The van der Waals surface area contributed by atoms with Gasteiger partial charge in [0.25, 0.3) is 15.9 Å². The van der Waals surface area contributed by atoms with Gasteiger partial charge in [0.2, 0.25) is 0 Å². The van der Waals surface area contributed by atoms with E-state index in [9.17, 15) is 17.2 Å². The first kappa shape index (κ1) is 31.7.